The summed E-state index contributed by atoms with van der Waals surface area (Å²) in [6, 6.07) is 17.1. The fourth-order valence-electron chi connectivity index (χ4n) is 2.70. The predicted octanol–water partition coefficient (Wildman–Crippen LogP) is 4.57. The Labute approximate surface area is 196 Å². The van der Waals surface area contributed by atoms with Gasteiger partial charge >= 0.3 is 0 Å². The van der Waals surface area contributed by atoms with E-state index in [0.717, 1.165) is 0 Å². The number of nitrogens with one attached hydrogen (secondary N) is 2. The number of rotatable bonds is 10. The van der Waals surface area contributed by atoms with E-state index in [1.54, 1.807) is 54.6 Å². The molecule has 7 nitrogen and oxygen atoms in total. The minimum absolute atomic E-state index is 0.104. The Kier molecular flexibility index (Phi) is 8.52. The van der Waals surface area contributed by atoms with Crippen molar-refractivity contribution in [3.05, 3.63) is 77.9 Å². The van der Waals surface area contributed by atoms with Crippen LogP contribution in [0.1, 0.15) is 6.42 Å². The zero-order chi connectivity index (χ0) is 23.0. The number of hydrogen-bond donors (Lipinski definition) is 2. The largest absolute Gasteiger partial charge is 0.439 e. The molecule has 0 bridgehead atoms. The minimum atomic E-state index is -3.84. The third-order valence-corrected chi connectivity index (χ3v) is 6.70. The zero-order valence-corrected chi connectivity index (χ0v) is 19.6. The van der Waals surface area contributed by atoms with Gasteiger partial charge in [-0.3, -0.25) is 4.79 Å². The summed E-state index contributed by atoms with van der Waals surface area (Å²) in [7, 11) is -3.84. The summed E-state index contributed by atoms with van der Waals surface area (Å²) in [5.74, 6) is 1.06. The second-order valence-electron chi connectivity index (χ2n) is 6.70. The highest BCUT2D eigenvalue weighted by atomic mass is 35.5. The van der Waals surface area contributed by atoms with Gasteiger partial charge in [0.25, 0.3) is 0 Å². The molecule has 1 amide bonds. The summed E-state index contributed by atoms with van der Waals surface area (Å²) in [5, 5.41) is 3.31. The van der Waals surface area contributed by atoms with Crippen LogP contribution in [0.25, 0.3) is 0 Å². The Bertz CT molecular complexity index is 1130. The molecule has 0 spiro atoms. The van der Waals surface area contributed by atoms with E-state index < -0.39 is 22.0 Å². The average Bonchev–Trinajstić information content (AvgIpc) is 2.80. The lowest BCUT2D eigenvalue weighted by Gasteiger charge is -2.18. The first-order valence-corrected chi connectivity index (χ1v) is 12.9. The van der Waals surface area contributed by atoms with Crippen molar-refractivity contribution in [2.24, 2.45) is 0 Å². The van der Waals surface area contributed by atoms with Crippen LogP contribution in [-0.4, -0.2) is 37.4 Å². The van der Waals surface area contributed by atoms with E-state index in [1.807, 2.05) is 6.26 Å². The number of thioether (sulfide) groups is 1. The van der Waals surface area contributed by atoms with Crippen LogP contribution in [0.5, 0.6) is 11.6 Å². The maximum Gasteiger partial charge on any atom is 0.242 e. The Morgan fingerprint density at radius 2 is 1.81 bits per heavy atom. The number of carbonyl (C=O) groups is 1. The van der Waals surface area contributed by atoms with Crippen molar-refractivity contribution in [3.8, 4) is 11.6 Å². The van der Waals surface area contributed by atoms with Crippen LogP contribution < -0.4 is 14.8 Å². The smallest absolute Gasteiger partial charge is 0.242 e. The van der Waals surface area contributed by atoms with Crippen molar-refractivity contribution in [1.29, 1.82) is 0 Å². The van der Waals surface area contributed by atoms with Gasteiger partial charge in [0.05, 0.1) is 16.8 Å². The summed E-state index contributed by atoms with van der Waals surface area (Å²) in [6.45, 7) is 0. The number of benzene rings is 2. The standard InChI is InChI=1S/C22H22ClN3O4S2/c1-31-14-13-20(26-32(28,29)19-5-3-2-4-6-19)22(27)25-17-9-12-21(24-15-17)30-18-10-7-16(23)8-11-18/h2-12,15,20,26H,13-14H2,1H3,(H,25,27). The van der Waals surface area contributed by atoms with E-state index in [-0.39, 0.29) is 4.90 Å². The molecule has 1 atom stereocenters. The summed E-state index contributed by atoms with van der Waals surface area (Å²) in [4.78, 5) is 17.1. The van der Waals surface area contributed by atoms with Crippen molar-refractivity contribution in [2.45, 2.75) is 17.4 Å². The number of carbonyl (C=O) groups excluding carboxylic acids is 1. The zero-order valence-electron chi connectivity index (χ0n) is 17.2. The highest BCUT2D eigenvalue weighted by Crippen LogP contribution is 2.22. The number of sulfonamides is 1. The molecular formula is C22H22ClN3O4S2. The molecule has 0 aliphatic rings. The molecule has 0 radical (unpaired) electrons. The summed E-state index contributed by atoms with van der Waals surface area (Å²) in [6.07, 6.45) is 3.68. The van der Waals surface area contributed by atoms with Gasteiger partial charge in [0.15, 0.2) is 0 Å². The van der Waals surface area contributed by atoms with Crippen molar-refractivity contribution in [2.75, 3.05) is 17.3 Å². The molecule has 1 heterocycles. The number of aromatic nitrogens is 1. The van der Waals surface area contributed by atoms with Gasteiger partial charge in [-0.05, 0) is 60.9 Å². The molecule has 10 heteroatoms. The van der Waals surface area contributed by atoms with E-state index in [1.165, 1.54) is 30.1 Å². The molecule has 2 aromatic carbocycles. The molecule has 32 heavy (non-hydrogen) atoms. The number of amides is 1. The van der Waals surface area contributed by atoms with Gasteiger partial charge in [-0.1, -0.05) is 29.8 Å². The minimum Gasteiger partial charge on any atom is -0.439 e. The van der Waals surface area contributed by atoms with Gasteiger partial charge in [0.2, 0.25) is 21.8 Å². The lowest BCUT2D eigenvalue weighted by atomic mass is 10.2. The number of ether oxygens (including phenoxy) is 1. The number of halogens is 1. The van der Waals surface area contributed by atoms with Crippen LogP contribution in [0.3, 0.4) is 0 Å². The summed E-state index contributed by atoms with van der Waals surface area (Å²) >= 11 is 7.39. The van der Waals surface area contributed by atoms with Crippen LogP contribution >= 0.6 is 23.4 Å². The van der Waals surface area contributed by atoms with Crippen LogP contribution in [0, 0.1) is 0 Å². The van der Waals surface area contributed by atoms with Gasteiger partial charge < -0.3 is 10.1 Å². The van der Waals surface area contributed by atoms with Crippen molar-refractivity contribution >= 4 is 45.0 Å². The van der Waals surface area contributed by atoms with Crippen molar-refractivity contribution < 1.29 is 17.9 Å². The first-order valence-electron chi connectivity index (χ1n) is 9.64. The van der Waals surface area contributed by atoms with E-state index in [9.17, 15) is 13.2 Å². The second kappa shape index (κ2) is 11.3. The third kappa shape index (κ3) is 6.96. The Morgan fingerprint density at radius 3 is 2.44 bits per heavy atom. The number of pyridine rings is 1. The molecule has 3 rings (SSSR count). The molecule has 2 N–H and O–H groups in total. The number of hydrogen-bond acceptors (Lipinski definition) is 6. The molecule has 1 aromatic heterocycles. The van der Waals surface area contributed by atoms with Gasteiger partial charge in [-0.2, -0.15) is 16.5 Å². The quantitative estimate of drug-likeness (QED) is 0.431. The normalized spacial score (nSPS) is 12.2. The highest BCUT2D eigenvalue weighted by molar-refractivity contribution is 7.98. The van der Waals surface area contributed by atoms with Gasteiger partial charge in [0.1, 0.15) is 11.8 Å². The third-order valence-electron chi connectivity index (χ3n) is 4.32. The first-order chi connectivity index (χ1) is 15.4. The summed E-state index contributed by atoms with van der Waals surface area (Å²) < 4.78 is 33.5. The number of anilines is 1. The van der Waals surface area contributed by atoms with Crippen LogP contribution in [0.2, 0.25) is 5.02 Å². The Morgan fingerprint density at radius 1 is 1.09 bits per heavy atom. The van der Waals surface area contributed by atoms with Gasteiger partial charge in [0, 0.05) is 11.1 Å². The van der Waals surface area contributed by atoms with Crippen LogP contribution in [0.15, 0.2) is 77.8 Å². The average molecular weight is 492 g/mol. The van der Waals surface area contributed by atoms with Gasteiger partial charge in [-0.25, -0.2) is 13.4 Å². The fraction of sp³-hybridized carbons (Fsp3) is 0.182. The van der Waals surface area contributed by atoms with E-state index in [0.29, 0.717) is 34.5 Å². The Hall–Kier alpha value is -2.59. The lowest BCUT2D eigenvalue weighted by molar-refractivity contribution is -0.117. The maximum atomic E-state index is 12.8. The highest BCUT2D eigenvalue weighted by Gasteiger charge is 2.25. The van der Waals surface area contributed by atoms with Crippen LogP contribution in [0.4, 0.5) is 5.69 Å². The molecule has 0 saturated heterocycles. The molecule has 0 aliphatic carbocycles. The molecule has 168 valence electrons. The van der Waals surface area contributed by atoms with E-state index in [4.69, 9.17) is 16.3 Å². The SMILES string of the molecule is CSCCC(NS(=O)(=O)c1ccccc1)C(=O)Nc1ccc(Oc2ccc(Cl)cc2)nc1. The molecule has 0 fully saturated rings. The van der Waals surface area contributed by atoms with E-state index >= 15 is 0 Å². The number of nitrogens with zero attached hydrogens (tertiary/aromatic N) is 1. The van der Waals surface area contributed by atoms with Crippen molar-refractivity contribution in [3.63, 3.8) is 0 Å². The topological polar surface area (TPSA) is 97.4 Å². The lowest BCUT2D eigenvalue weighted by Crippen LogP contribution is -2.44. The Balaban J connectivity index is 1.67. The fourth-order valence-corrected chi connectivity index (χ4v) is 4.55. The van der Waals surface area contributed by atoms with Crippen molar-refractivity contribution in [1.82, 2.24) is 9.71 Å². The second-order valence-corrected chi connectivity index (χ2v) is 9.83. The predicted molar refractivity (Wildman–Crippen MR) is 128 cm³/mol. The molecule has 1 unspecified atom stereocenters. The first kappa shape index (κ1) is 24.1. The van der Waals surface area contributed by atoms with E-state index in [2.05, 4.69) is 15.0 Å². The summed E-state index contributed by atoms with van der Waals surface area (Å²) in [5.41, 5.74) is 0.423. The van der Waals surface area contributed by atoms with Gasteiger partial charge in [-0.15, -0.1) is 0 Å². The van der Waals surface area contributed by atoms with Crippen LogP contribution in [-0.2, 0) is 14.8 Å². The molecule has 3 aromatic rings. The maximum absolute atomic E-state index is 12.8. The molecular weight excluding hydrogens is 470 g/mol. The molecule has 0 saturated carbocycles. The monoisotopic (exact) mass is 491 g/mol. The molecule has 0 aliphatic heterocycles.